The zero-order valence-corrected chi connectivity index (χ0v) is 8.85. The Morgan fingerprint density at radius 3 is 2.75 bits per heavy atom. The van der Waals surface area contributed by atoms with E-state index in [-0.39, 0.29) is 11.7 Å². The van der Waals surface area contributed by atoms with E-state index in [1.807, 2.05) is 0 Å². The highest BCUT2D eigenvalue weighted by Crippen LogP contribution is 2.30. The molecule has 16 heavy (non-hydrogen) atoms. The van der Waals surface area contributed by atoms with Gasteiger partial charge in [0.2, 0.25) is 0 Å². The van der Waals surface area contributed by atoms with Crippen LogP contribution in [0.25, 0.3) is 0 Å². The predicted molar refractivity (Wildman–Crippen MR) is 56.8 cm³/mol. The summed E-state index contributed by atoms with van der Waals surface area (Å²) in [6.45, 7) is 0.446. The summed E-state index contributed by atoms with van der Waals surface area (Å²) in [5.41, 5.74) is 2.45. The summed E-state index contributed by atoms with van der Waals surface area (Å²) < 4.78 is 0. The topological polar surface area (TPSA) is 70.2 Å². The molecule has 0 fully saturated rings. The number of Topliss-reactive ketones (excluding diaryl/α,β-unsaturated/α-hetero) is 1. The first-order valence-electron chi connectivity index (χ1n) is 5.53. The number of allylic oxidation sites excluding steroid dienone is 2. The van der Waals surface area contributed by atoms with Crippen LogP contribution in [0.5, 0.6) is 0 Å². The Morgan fingerprint density at radius 1 is 1.00 bits per heavy atom. The summed E-state index contributed by atoms with van der Waals surface area (Å²) >= 11 is 0. The molecule has 0 spiro atoms. The lowest BCUT2D eigenvalue weighted by molar-refractivity contribution is -0.118. The van der Waals surface area contributed by atoms with E-state index >= 15 is 0 Å². The van der Waals surface area contributed by atoms with Gasteiger partial charge in [-0.15, -0.1) is 0 Å². The predicted octanol–water partition coefficient (Wildman–Crippen LogP) is -0.125. The summed E-state index contributed by atoms with van der Waals surface area (Å²) in [5.74, 6) is 0.877. The maximum Gasteiger partial charge on any atom is 0.252 e. The van der Waals surface area contributed by atoms with Crippen molar-refractivity contribution < 1.29 is 9.59 Å². The smallest absolute Gasteiger partial charge is 0.252 e. The van der Waals surface area contributed by atoms with Crippen molar-refractivity contribution in [2.45, 2.75) is 25.7 Å². The number of rotatable bonds is 0. The lowest BCUT2D eigenvalue weighted by atomic mass is 9.87. The molecule has 0 unspecified atom stereocenters. The first kappa shape index (κ1) is 9.45. The second kappa shape index (κ2) is 3.37. The highest BCUT2D eigenvalue weighted by atomic mass is 16.2. The second-order valence-corrected chi connectivity index (χ2v) is 4.25. The van der Waals surface area contributed by atoms with E-state index in [2.05, 4.69) is 16.0 Å². The highest BCUT2D eigenvalue weighted by Gasteiger charge is 2.31. The SMILES string of the molecule is O=C1CCCC2=C1CC1=C(NCNC1=O)N2. The van der Waals surface area contributed by atoms with Crippen LogP contribution < -0.4 is 16.0 Å². The van der Waals surface area contributed by atoms with Gasteiger partial charge in [0.1, 0.15) is 5.82 Å². The Hall–Kier alpha value is -1.78. The van der Waals surface area contributed by atoms with Crippen LogP contribution in [-0.2, 0) is 9.59 Å². The Labute approximate surface area is 93.0 Å². The first-order chi connectivity index (χ1) is 7.75. The van der Waals surface area contributed by atoms with Gasteiger partial charge in [-0.2, -0.15) is 0 Å². The van der Waals surface area contributed by atoms with Crippen LogP contribution in [-0.4, -0.2) is 18.4 Å². The molecular weight excluding hydrogens is 206 g/mol. The molecule has 0 aromatic rings. The molecule has 0 aromatic carbocycles. The molecule has 1 aliphatic carbocycles. The molecule has 0 saturated heterocycles. The lowest BCUT2D eigenvalue weighted by Crippen LogP contribution is -2.47. The summed E-state index contributed by atoms with van der Waals surface area (Å²) in [5, 5.41) is 8.98. The molecule has 3 rings (SSSR count). The van der Waals surface area contributed by atoms with Crippen molar-refractivity contribution in [3.05, 3.63) is 22.7 Å². The van der Waals surface area contributed by atoms with Gasteiger partial charge in [0.05, 0.1) is 12.2 Å². The summed E-state index contributed by atoms with van der Waals surface area (Å²) in [6.07, 6.45) is 2.88. The average molecular weight is 219 g/mol. The fourth-order valence-corrected chi connectivity index (χ4v) is 2.39. The monoisotopic (exact) mass is 219 g/mol. The van der Waals surface area contributed by atoms with Crippen LogP contribution in [0.2, 0.25) is 0 Å². The summed E-state index contributed by atoms with van der Waals surface area (Å²) in [7, 11) is 0. The fourth-order valence-electron chi connectivity index (χ4n) is 2.39. The van der Waals surface area contributed by atoms with Crippen molar-refractivity contribution in [1.82, 2.24) is 16.0 Å². The Morgan fingerprint density at radius 2 is 1.88 bits per heavy atom. The van der Waals surface area contributed by atoms with Gasteiger partial charge in [-0.05, 0) is 12.8 Å². The average Bonchev–Trinajstić information content (AvgIpc) is 2.28. The van der Waals surface area contributed by atoms with E-state index in [4.69, 9.17) is 0 Å². The van der Waals surface area contributed by atoms with Gasteiger partial charge < -0.3 is 16.0 Å². The molecule has 2 heterocycles. The molecule has 84 valence electrons. The van der Waals surface area contributed by atoms with E-state index in [0.29, 0.717) is 25.1 Å². The lowest BCUT2D eigenvalue weighted by Gasteiger charge is -2.32. The molecular formula is C11H13N3O2. The molecule has 1 amide bonds. The number of hydrogen-bond donors (Lipinski definition) is 3. The minimum atomic E-state index is -0.0776. The summed E-state index contributed by atoms with van der Waals surface area (Å²) in [4.78, 5) is 23.4. The van der Waals surface area contributed by atoms with Crippen LogP contribution in [0.3, 0.4) is 0 Å². The maximum absolute atomic E-state index is 11.7. The van der Waals surface area contributed by atoms with E-state index in [9.17, 15) is 9.59 Å². The molecule has 5 heteroatoms. The van der Waals surface area contributed by atoms with E-state index < -0.39 is 0 Å². The zero-order chi connectivity index (χ0) is 11.1. The molecule has 0 saturated carbocycles. The quantitative estimate of drug-likeness (QED) is 0.531. The van der Waals surface area contributed by atoms with Crippen molar-refractivity contribution in [2.75, 3.05) is 6.67 Å². The molecule has 2 aliphatic heterocycles. The molecule has 0 bridgehead atoms. The third-order valence-electron chi connectivity index (χ3n) is 3.25. The number of carbonyl (C=O) groups excluding carboxylic acids is 2. The van der Waals surface area contributed by atoms with Crippen molar-refractivity contribution in [1.29, 1.82) is 0 Å². The Balaban J connectivity index is 1.95. The van der Waals surface area contributed by atoms with Crippen LogP contribution in [0.15, 0.2) is 22.7 Å². The molecule has 0 radical (unpaired) electrons. The van der Waals surface area contributed by atoms with E-state index in [1.54, 1.807) is 0 Å². The van der Waals surface area contributed by atoms with Gasteiger partial charge >= 0.3 is 0 Å². The van der Waals surface area contributed by atoms with Crippen LogP contribution >= 0.6 is 0 Å². The highest BCUT2D eigenvalue weighted by molar-refractivity contribution is 6.02. The van der Waals surface area contributed by atoms with Gasteiger partial charge in [0, 0.05) is 24.1 Å². The number of nitrogens with one attached hydrogen (secondary N) is 3. The number of carbonyl (C=O) groups is 2. The largest absolute Gasteiger partial charge is 0.354 e. The minimum absolute atomic E-state index is 0.0776. The van der Waals surface area contributed by atoms with Crippen molar-refractivity contribution >= 4 is 11.7 Å². The van der Waals surface area contributed by atoms with Gasteiger partial charge in [0.25, 0.3) is 5.91 Å². The van der Waals surface area contributed by atoms with Crippen LogP contribution in [0, 0.1) is 0 Å². The van der Waals surface area contributed by atoms with Gasteiger partial charge in [-0.3, -0.25) is 9.59 Å². The zero-order valence-electron chi connectivity index (χ0n) is 8.85. The standard InChI is InChI=1S/C11H13N3O2/c15-9-3-1-2-8-6(9)4-7-10(14-8)12-5-13-11(7)16/h12,14H,1-5H2,(H,13,16). The van der Waals surface area contributed by atoms with E-state index in [0.717, 1.165) is 29.9 Å². The third kappa shape index (κ3) is 1.31. The van der Waals surface area contributed by atoms with Crippen molar-refractivity contribution in [2.24, 2.45) is 0 Å². The molecule has 3 aliphatic rings. The van der Waals surface area contributed by atoms with Crippen molar-refractivity contribution in [3.8, 4) is 0 Å². The van der Waals surface area contributed by atoms with Gasteiger partial charge in [-0.25, -0.2) is 0 Å². The number of hydrogen-bond acceptors (Lipinski definition) is 4. The second-order valence-electron chi connectivity index (χ2n) is 4.25. The van der Waals surface area contributed by atoms with Gasteiger partial charge in [0.15, 0.2) is 5.78 Å². The fraction of sp³-hybridized carbons (Fsp3) is 0.455. The Kier molecular flexibility index (Phi) is 1.99. The molecule has 3 N–H and O–H groups in total. The van der Waals surface area contributed by atoms with E-state index in [1.165, 1.54) is 0 Å². The Bertz CT molecular complexity index is 408. The normalized spacial score (nSPS) is 24.2. The minimum Gasteiger partial charge on any atom is -0.354 e. The van der Waals surface area contributed by atoms with Gasteiger partial charge in [-0.1, -0.05) is 0 Å². The van der Waals surface area contributed by atoms with Crippen LogP contribution in [0.1, 0.15) is 25.7 Å². The van der Waals surface area contributed by atoms with Crippen molar-refractivity contribution in [3.63, 3.8) is 0 Å². The van der Waals surface area contributed by atoms with Crippen LogP contribution in [0.4, 0.5) is 0 Å². The number of amides is 1. The molecule has 0 aromatic heterocycles. The number of dihydropyridines is 1. The third-order valence-corrected chi connectivity index (χ3v) is 3.25. The molecule has 0 atom stereocenters. The summed E-state index contributed by atoms with van der Waals surface area (Å²) in [6, 6.07) is 0. The molecule has 5 nitrogen and oxygen atoms in total. The maximum atomic E-state index is 11.7. The first-order valence-corrected chi connectivity index (χ1v) is 5.53. The number of ketones is 1.